The van der Waals surface area contributed by atoms with Crippen molar-refractivity contribution in [1.82, 2.24) is 14.7 Å². The van der Waals surface area contributed by atoms with E-state index in [-0.39, 0.29) is 0 Å². The molecule has 2 aromatic heterocycles. The van der Waals surface area contributed by atoms with Crippen LogP contribution in [0.15, 0.2) is 201 Å². The highest BCUT2D eigenvalue weighted by Crippen LogP contribution is 2.46. The number of pyridine rings is 1. The maximum atomic E-state index is 4.85. The highest BCUT2D eigenvalue weighted by molar-refractivity contribution is 7.19. The fourth-order valence-electron chi connectivity index (χ4n) is 8.13. The van der Waals surface area contributed by atoms with E-state index >= 15 is 0 Å². The van der Waals surface area contributed by atoms with Gasteiger partial charge in [0.2, 0.25) is 0 Å². The van der Waals surface area contributed by atoms with Crippen LogP contribution in [0.25, 0.3) is 27.6 Å². The van der Waals surface area contributed by atoms with Crippen LogP contribution in [0, 0.1) is 0 Å². The molecule has 0 spiro atoms. The van der Waals surface area contributed by atoms with Crippen molar-refractivity contribution in [3.05, 3.63) is 201 Å². The Balaban J connectivity index is 1.17. The summed E-state index contributed by atoms with van der Waals surface area (Å²) in [7, 11) is -2.72. The molecule has 0 saturated heterocycles. The maximum absolute atomic E-state index is 4.85. The molecule has 6 aromatic carbocycles. The van der Waals surface area contributed by atoms with E-state index in [1.165, 1.54) is 26.1 Å². The number of benzene rings is 6. The molecule has 4 heterocycles. The van der Waals surface area contributed by atoms with Crippen LogP contribution in [-0.2, 0) is 0 Å². The van der Waals surface area contributed by atoms with E-state index in [9.17, 15) is 0 Å². The van der Waals surface area contributed by atoms with E-state index in [4.69, 9.17) is 4.98 Å². The molecule has 10 rings (SSSR count). The van der Waals surface area contributed by atoms with Crippen LogP contribution in [-0.4, -0.2) is 22.7 Å². The standard InChI is InChI=1S/C45H33N5Si/c1-4-17-36(18-5-1)51(37-19-6-2-7-20-37,38-21-8-3-9-22-38)39-23-14-16-35(32-39)50-43-28-27-34(33-44(43)47-30-12-13-31-48(47)50)49-42-26-11-10-24-40(42)41-25-15-29-46-45(41)49/h1-33H. The Labute approximate surface area is 297 Å². The van der Waals surface area contributed by atoms with Gasteiger partial charge in [-0.25, -0.2) is 15.0 Å². The topological polar surface area (TPSA) is 27.5 Å². The summed E-state index contributed by atoms with van der Waals surface area (Å²) < 4.78 is 2.28. The van der Waals surface area contributed by atoms with Gasteiger partial charge < -0.3 is 0 Å². The average molecular weight is 672 g/mol. The Morgan fingerprint density at radius 1 is 0.451 bits per heavy atom. The van der Waals surface area contributed by atoms with Gasteiger partial charge in [-0.3, -0.25) is 4.57 Å². The van der Waals surface area contributed by atoms with E-state index in [0.717, 1.165) is 39.3 Å². The SMILES string of the molecule is C1=CN2c3cc(-n4c5ccccc5c5cccnc54)ccc3N(c3cccc([Si](c4ccccc4)(c4ccccc4)c4ccccc4)c3)N2C=C1. The van der Waals surface area contributed by atoms with Crippen LogP contribution in [0.4, 0.5) is 17.1 Å². The van der Waals surface area contributed by atoms with E-state index in [0.29, 0.717) is 0 Å². The number of anilines is 3. The lowest BCUT2D eigenvalue weighted by Crippen LogP contribution is -2.74. The second-order valence-corrected chi connectivity index (χ2v) is 16.8. The first kappa shape index (κ1) is 29.3. The van der Waals surface area contributed by atoms with Crippen LogP contribution in [0.2, 0.25) is 0 Å². The quantitative estimate of drug-likeness (QED) is 0.134. The molecule has 0 radical (unpaired) electrons. The third-order valence-electron chi connectivity index (χ3n) is 10.3. The smallest absolute Gasteiger partial charge is 0.179 e. The van der Waals surface area contributed by atoms with Crippen molar-refractivity contribution in [2.24, 2.45) is 0 Å². The molecular formula is C45H33N5Si. The zero-order chi connectivity index (χ0) is 33.8. The molecule has 0 aliphatic carbocycles. The summed E-state index contributed by atoms with van der Waals surface area (Å²) in [5, 5.41) is 14.5. The first-order valence-corrected chi connectivity index (χ1v) is 19.3. The van der Waals surface area contributed by atoms with Gasteiger partial charge in [0.05, 0.1) is 22.6 Å². The second-order valence-electron chi connectivity index (χ2n) is 13.0. The van der Waals surface area contributed by atoms with Crippen LogP contribution in [0.1, 0.15) is 0 Å². The van der Waals surface area contributed by atoms with Gasteiger partial charge >= 0.3 is 0 Å². The fourth-order valence-corrected chi connectivity index (χ4v) is 12.9. The van der Waals surface area contributed by atoms with Gasteiger partial charge in [-0.05, 0) is 81.4 Å². The number of para-hydroxylation sites is 1. The van der Waals surface area contributed by atoms with E-state index in [2.05, 4.69) is 208 Å². The van der Waals surface area contributed by atoms with Gasteiger partial charge in [-0.1, -0.05) is 121 Å². The van der Waals surface area contributed by atoms with Crippen LogP contribution in [0.5, 0.6) is 0 Å². The van der Waals surface area contributed by atoms with Crippen molar-refractivity contribution in [2.75, 3.05) is 10.0 Å². The number of fused-ring (bicyclic) bond motifs is 6. The molecule has 0 bridgehead atoms. The van der Waals surface area contributed by atoms with Gasteiger partial charge in [0.25, 0.3) is 0 Å². The molecule has 8 aromatic rings. The summed E-state index contributed by atoms with van der Waals surface area (Å²) in [5.41, 5.74) is 6.47. The molecule has 2 aliphatic heterocycles. The van der Waals surface area contributed by atoms with Crippen molar-refractivity contribution >= 4 is 67.8 Å². The van der Waals surface area contributed by atoms with Crippen LogP contribution in [0.3, 0.4) is 0 Å². The number of hydrazine groups is 2. The predicted molar refractivity (Wildman–Crippen MR) is 213 cm³/mol. The Hall–Kier alpha value is -6.63. The molecule has 5 nitrogen and oxygen atoms in total. The molecule has 0 atom stereocenters. The van der Waals surface area contributed by atoms with Crippen molar-refractivity contribution < 1.29 is 0 Å². The van der Waals surface area contributed by atoms with E-state index in [1.807, 2.05) is 12.3 Å². The lowest BCUT2D eigenvalue weighted by molar-refractivity contribution is 0.408. The zero-order valence-corrected chi connectivity index (χ0v) is 28.8. The molecule has 242 valence electrons. The fraction of sp³-hybridized carbons (Fsp3) is 0. The summed E-state index contributed by atoms with van der Waals surface area (Å²) in [4.78, 5) is 4.85. The van der Waals surface area contributed by atoms with Crippen molar-refractivity contribution in [1.29, 1.82) is 0 Å². The summed E-state index contributed by atoms with van der Waals surface area (Å²) in [6, 6.07) is 62.0. The lowest BCUT2D eigenvalue weighted by atomic mass is 10.2. The molecule has 0 unspecified atom stereocenters. The lowest BCUT2D eigenvalue weighted by Gasteiger charge is -2.37. The van der Waals surface area contributed by atoms with Gasteiger partial charge in [-0.2, -0.15) is 5.12 Å². The second kappa shape index (κ2) is 11.8. The number of rotatable bonds is 6. The van der Waals surface area contributed by atoms with Crippen LogP contribution >= 0.6 is 0 Å². The number of aromatic nitrogens is 2. The third-order valence-corrected chi connectivity index (χ3v) is 15.0. The van der Waals surface area contributed by atoms with Crippen molar-refractivity contribution in [3.63, 3.8) is 0 Å². The average Bonchev–Trinajstić information content (AvgIpc) is 3.72. The minimum absolute atomic E-state index is 0.955. The molecule has 0 N–H and O–H groups in total. The summed E-state index contributed by atoms with van der Waals surface area (Å²) in [6.07, 6.45) is 10.3. The molecule has 6 heteroatoms. The molecule has 51 heavy (non-hydrogen) atoms. The number of hydrogen-bond acceptors (Lipinski definition) is 4. The Kier molecular flexibility index (Phi) is 6.75. The van der Waals surface area contributed by atoms with Gasteiger partial charge in [0.15, 0.2) is 8.07 Å². The van der Waals surface area contributed by atoms with Crippen molar-refractivity contribution in [3.8, 4) is 5.69 Å². The van der Waals surface area contributed by atoms with Crippen LogP contribution < -0.4 is 30.8 Å². The number of hydrogen-bond donors (Lipinski definition) is 0. The number of allylic oxidation sites excluding steroid dienone is 2. The minimum Gasteiger partial charge on any atom is -0.294 e. The molecule has 0 amide bonds. The Morgan fingerprint density at radius 2 is 1.08 bits per heavy atom. The van der Waals surface area contributed by atoms with Gasteiger partial charge in [0.1, 0.15) is 5.65 Å². The Morgan fingerprint density at radius 3 is 1.80 bits per heavy atom. The highest BCUT2D eigenvalue weighted by atomic mass is 28.3. The van der Waals surface area contributed by atoms with Gasteiger partial charge in [0, 0.05) is 35.1 Å². The van der Waals surface area contributed by atoms with Gasteiger partial charge in [-0.15, -0.1) is 0 Å². The van der Waals surface area contributed by atoms with E-state index < -0.39 is 8.07 Å². The largest absolute Gasteiger partial charge is 0.294 e. The predicted octanol–water partition coefficient (Wildman–Crippen LogP) is 7.69. The molecule has 0 fully saturated rings. The summed E-state index contributed by atoms with van der Waals surface area (Å²) in [5.74, 6) is 0. The molecule has 2 aliphatic rings. The first-order valence-electron chi connectivity index (χ1n) is 17.3. The summed E-state index contributed by atoms with van der Waals surface area (Å²) in [6.45, 7) is 0. The van der Waals surface area contributed by atoms with E-state index in [1.54, 1.807) is 0 Å². The highest BCUT2D eigenvalue weighted by Gasteiger charge is 2.42. The summed E-state index contributed by atoms with van der Waals surface area (Å²) >= 11 is 0. The maximum Gasteiger partial charge on any atom is 0.179 e. The normalized spacial score (nSPS) is 13.6. The first-order chi connectivity index (χ1) is 25.3. The number of nitrogens with zero attached hydrogens (tertiary/aromatic N) is 5. The van der Waals surface area contributed by atoms with Crippen molar-refractivity contribution in [2.45, 2.75) is 0 Å². The molecule has 0 saturated carbocycles. The molecular weight excluding hydrogens is 639 g/mol. The monoisotopic (exact) mass is 671 g/mol. The third kappa shape index (κ3) is 4.43. The minimum atomic E-state index is -2.72. The zero-order valence-electron chi connectivity index (χ0n) is 27.8. The Bertz CT molecular complexity index is 2460.